The molecule has 0 unspecified atom stereocenters. The fourth-order valence-corrected chi connectivity index (χ4v) is 5.78. The lowest BCUT2D eigenvalue weighted by Crippen LogP contribution is -2.30. The smallest absolute Gasteiger partial charge is 0.205 e. The van der Waals surface area contributed by atoms with Crippen LogP contribution in [0.2, 0.25) is 0 Å². The predicted molar refractivity (Wildman–Crippen MR) is 132 cm³/mol. The molecule has 1 atom stereocenters. The monoisotopic (exact) mass is 437 g/mol. The molecule has 4 rings (SSSR count). The van der Waals surface area contributed by atoms with Crippen LogP contribution in [0.15, 0.2) is 115 Å². The molecule has 0 saturated heterocycles. The van der Waals surface area contributed by atoms with E-state index in [9.17, 15) is 4.57 Å². The van der Waals surface area contributed by atoms with Crippen molar-refractivity contribution in [2.45, 2.75) is 6.04 Å². The second-order valence-electron chi connectivity index (χ2n) is 7.25. The second-order valence-corrected chi connectivity index (χ2v) is 9.76. The van der Waals surface area contributed by atoms with Crippen LogP contribution < -0.4 is 20.4 Å². The van der Waals surface area contributed by atoms with E-state index in [-0.39, 0.29) is 0 Å². The van der Waals surface area contributed by atoms with Gasteiger partial charge in [-0.15, -0.1) is 0 Å². The van der Waals surface area contributed by atoms with Gasteiger partial charge in [-0.25, -0.2) is 5.09 Å². The molecule has 0 aromatic heterocycles. The first kappa shape index (κ1) is 21.7. The Labute approximate surface area is 189 Å². The van der Waals surface area contributed by atoms with Gasteiger partial charge in [-0.05, 0) is 54.1 Å². The summed E-state index contributed by atoms with van der Waals surface area (Å²) in [6.07, 6.45) is 0. The van der Waals surface area contributed by atoms with Gasteiger partial charge in [0, 0.05) is 16.2 Å². The van der Waals surface area contributed by atoms with Crippen molar-refractivity contribution in [1.82, 2.24) is 5.09 Å². The van der Waals surface area contributed by atoms with Gasteiger partial charge in [-0.3, -0.25) is 4.57 Å². The lowest BCUT2D eigenvalue weighted by Gasteiger charge is -2.24. The third-order valence-corrected chi connectivity index (χ3v) is 7.81. The molecule has 0 spiro atoms. The van der Waals surface area contributed by atoms with E-state index in [4.69, 9.17) is 4.74 Å². The van der Waals surface area contributed by atoms with Gasteiger partial charge < -0.3 is 4.74 Å². The molecule has 158 valence electrons. The highest BCUT2D eigenvalue weighted by molar-refractivity contribution is 7.76. The average Bonchev–Trinajstić information content (AvgIpc) is 2.88. The minimum absolute atomic E-state index is 0.452. The van der Waals surface area contributed by atoms with Crippen molar-refractivity contribution < 1.29 is 9.30 Å². The highest BCUT2D eigenvalue weighted by Crippen LogP contribution is 2.41. The Hall–Kier alpha value is -3.57. The average molecular weight is 437 g/mol. The van der Waals surface area contributed by atoms with Gasteiger partial charge in [0.05, 0.1) is 7.11 Å². The molecule has 3 nitrogen and oxygen atoms in total. The molecule has 0 aliphatic rings. The minimum atomic E-state index is -3.17. The lowest BCUT2D eigenvalue weighted by atomic mass is 10.1. The maximum atomic E-state index is 14.5. The first-order chi connectivity index (χ1) is 15.7. The summed E-state index contributed by atoms with van der Waals surface area (Å²) < 4.78 is 19.8. The molecule has 1 N–H and O–H groups in total. The quantitative estimate of drug-likeness (QED) is 0.328. The second kappa shape index (κ2) is 10.2. The highest BCUT2D eigenvalue weighted by atomic mass is 31.2. The molecule has 0 amide bonds. The maximum absolute atomic E-state index is 14.5. The van der Waals surface area contributed by atoms with Crippen molar-refractivity contribution in [3.8, 4) is 17.6 Å². The van der Waals surface area contributed by atoms with Crippen molar-refractivity contribution >= 4 is 17.9 Å². The normalized spacial score (nSPS) is 11.8. The van der Waals surface area contributed by atoms with Crippen LogP contribution in [-0.2, 0) is 4.57 Å². The van der Waals surface area contributed by atoms with Crippen LogP contribution in [0.25, 0.3) is 0 Å². The Balaban J connectivity index is 1.80. The van der Waals surface area contributed by atoms with Crippen molar-refractivity contribution in [3.05, 3.63) is 126 Å². The van der Waals surface area contributed by atoms with E-state index in [0.717, 1.165) is 27.5 Å². The SMILES string of the molecule is COc1ccc([C@@H](C#Cc2ccccc2)NP(=O)(c2ccccc2)c2ccccc2)cc1. The Morgan fingerprint density at radius 3 is 1.72 bits per heavy atom. The summed E-state index contributed by atoms with van der Waals surface area (Å²) in [5.74, 6) is 7.31. The third kappa shape index (κ3) is 5.01. The van der Waals surface area contributed by atoms with Crippen molar-refractivity contribution in [3.63, 3.8) is 0 Å². The molecular weight excluding hydrogens is 413 g/mol. The Kier molecular flexibility index (Phi) is 6.87. The molecule has 0 bridgehead atoms. The van der Waals surface area contributed by atoms with Gasteiger partial charge >= 0.3 is 0 Å². The van der Waals surface area contributed by atoms with Crippen LogP contribution in [0.5, 0.6) is 5.75 Å². The van der Waals surface area contributed by atoms with Gasteiger partial charge in [0.25, 0.3) is 0 Å². The standard InChI is InChI=1S/C28H24NO2P/c1-31-25-20-18-24(19-21-25)28(22-17-23-11-5-2-6-12-23)29-32(30,26-13-7-3-8-14-26)27-15-9-4-10-16-27/h2-16,18-21,28H,1H3,(H,29,30)/t28-/m1/s1. The Bertz CT molecular complexity index is 1200. The third-order valence-electron chi connectivity index (χ3n) is 5.13. The van der Waals surface area contributed by atoms with Crippen LogP contribution in [0.3, 0.4) is 0 Å². The molecule has 0 saturated carbocycles. The summed E-state index contributed by atoms with van der Waals surface area (Å²) in [5, 5.41) is 4.91. The number of methoxy groups -OCH3 is 1. The van der Waals surface area contributed by atoms with E-state index in [0.29, 0.717) is 0 Å². The maximum Gasteiger partial charge on any atom is 0.205 e. The minimum Gasteiger partial charge on any atom is -0.497 e. The van der Waals surface area contributed by atoms with Gasteiger partial charge in [0.1, 0.15) is 11.8 Å². The molecular formula is C28H24NO2P. The summed E-state index contributed by atoms with van der Waals surface area (Å²) in [5.41, 5.74) is 1.82. The summed E-state index contributed by atoms with van der Waals surface area (Å²) in [6, 6.07) is 36.1. The van der Waals surface area contributed by atoms with Crippen molar-refractivity contribution in [1.29, 1.82) is 0 Å². The summed E-state index contributed by atoms with van der Waals surface area (Å²) >= 11 is 0. The predicted octanol–water partition coefficient (Wildman–Crippen LogP) is 5.31. The molecule has 0 aliphatic heterocycles. The zero-order valence-corrected chi connectivity index (χ0v) is 18.7. The lowest BCUT2D eigenvalue weighted by molar-refractivity contribution is 0.414. The first-order valence-electron chi connectivity index (χ1n) is 10.4. The highest BCUT2D eigenvalue weighted by Gasteiger charge is 2.30. The number of rotatable bonds is 6. The zero-order valence-electron chi connectivity index (χ0n) is 17.8. The molecule has 0 aliphatic carbocycles. The summed E-state index contributed by atoms with van der Waals surface area (Å²) in [6.45, 7) is 0. The Morgan fingerprint density at radius 2 is 1.22 bits per heavy atom. The Morgan fingerprint density at radius 1 is 0.719 bits per heavy atom. The van der Waals surface area contributed by atoms with Crippen LogP contribution in [0.1, 0.15) is 17.2 Å². The van der Waals surface area contributed by atoms with E-state index in [1.807, 2.05) is 115 Å². The van der Waals surface area contributed by atoms with Crippen molar-refractivity contribution in [2.24, 2.45) is 0 Å². The van der Waals surface area contributed by atoms with Gasteiger partial charge in [0.15, 0.2) is 0 Å². The van der Waals surface area contributed by atoms with Crippen LogP contribution in [-0.4, -0.2) is 7.11 Å². The topological polar surface area (TPSA) is 38.3 Å². The molecule has 0 radical (unpaired) electrons. The van der Waals surface area contributed by atoms with Crippen LogP contribution in [0, 0.1) is 11.8 Å². The number of hydrogen-bond acceptors (Lipinski definition) is 2. The number of benzene rings is 4. The van der Waals surface area contributed by atoms with Gasteiger partial charge in [-0.2, -0.15) is 0 Å². The largest absolute Gasteiger partial charge is 0.497 e. The number of hydrogen-bond donors (Lipinski definition) is 1. The molecule has 4 aromatic carbocycles. The zero-order chi connectivity index (χ0) is 22.2. The van der Waals surface area contributed by atoms with E-state index in [1.54, 1.807) is 7.11 Å². The van der Waals surface area contributed by atoms with Gasteiger partial charge in [0.2, 0.25) is 7.29 Å². The molecule has 0 fully saturated rings. The number of nitrogens with one attached hydrogen (secondary N) is 1. The molecule has 4 aromatic rings. The number of ether oxygens (including phenoxy) is 1. The van der Waals surface area contributed by atoms with Crippen LogP contribution >= 0.6 is 7.29 Å². The van der Waals surface area contributed by atoms with Crippen molar-refractivity contribution in [2.75, 3.05) is 7.11 Å². The van der Waals surface area contributed by atoms with E-state index >= 15 is 0 Å². The fraction of sp³-hybridized carbons (Fsp3) is 0.0714. The van der Waals surface area contributed by atoms with Crippen LogP contribution in [0.4, 0.5) is 0 Å². The van der Waals surface area contributed by atoms with E-state index < -0.39 is 13.3 Å². The first-order valence-corrected chi connectivity index (χ1v) is 12.1. The fourth-order valence-electron chi connectivity index (χ4n) is 3.42. The van der Waals surface area contributed by atoms with E-state index in [2.05, 4.69) is 16.9 Å². The van der Waals surface area contributed by atoms with Gasteiger partial charge in [-0.1, -0.05) is 78.6 Å². The molecule has 32 heavy (non-hydrogen) atoms. The molecule has 4 heteroatoms. The summed E-state index contributed by atoms with van der Waals surface area (Å²) in [4.78, 5) is 0. The molecule has 0 heterocycles. The summed E-state index contributed by atoms with van der Waals surface area (Å²) in [7, 11) is -1.53. The van der Waals surface area contributed by atoms with E-state index in [1.165, 1.54) is 0 Å².